The lowest BCUT2D eigenvalue weighted by molar-refractivity contribution is 0.0951. The molecule has 0 atom stereocenters. The SMILES string of the molecule is O=C(NC1CC1)c1cc(NC(=O)N2CCN(c3cccc(Cl)c3)CC2)ccc1Cl. The van der Waals surface area contributed by atoms with E-state index in [0.29, 0.717) is 34.4 Å². The Morgan fingerprint density at radius 2 is 1.72 bits per heavy atom. The number of nitrogens with zero attached hydrogens (tertiary/aromatic N) is 2. The van der Waals surface area contributed by atoms with Crippen LogP contribution in [0.1, 0.15) is 23.2 Å². The molecule has 2 aromatic carbocycles. The predicted octanol–water partition coefficient (Wildman–Crippen LogP) is 4.24. The van der Waals surface area contributed by atoms with Gasteiger partial charge in [-0.2, -0.15) is 0 Å². The number of benzene rings is 2. The number of carbonyl (C=O) groups excluding carboxylic acids is 2. The molecule has 3 amide bonds. The molecule has 1 saturated carbocycles. The molecule has 0 aromatic heterocycles. The van der Waals surface area contributed by atoms with Crippen molar-refractivity contribution in [2.24, 2.45) is 0 Å². The van der Waals surface area contributed by atoms with E-state index in [-0.39, 0.29) is 18.0 Å². The summed E-state index contributed by atoms with van der Waals surface area (Å²) in [5.74, 6) is -0.205. The van der Waals surface area contributed by atoms with Crippen molar-refractivity contribution in [3.05, 3.63) is 58.1 Å². The average molecular weight is 433 g/mol. The molecule has 2 fully saturated rings. The normalized spacial score (nSPS) is 16.5. The van der Waals surface area contributed by atoms with Crippen LogP contribution in [0.25, 0.3) is 0 Å². The maximum absolute atomic E-state index is 12.7. The van der Waals surface area contributed by atoms with Crippen molar-refractivity contribution in [2.75, 3.05) is 36.4 Å². The smallest absolute Gasteiger partial charge is 0.321 e. The van der Waals surface area contributed by atoms with Crippen molar-refractivity contribution < 1.29 is 9.59 Å². The van der Waals surface area contributed by atoms with Crippen molar-refractivity contribution >= 4 is 46.5 Å². The van der Waals surface area contributed by atoms with Gasteiger partial charge in [0.1, 0.15) is 0 Å². The quantitative estimate of drug-likeness (QED) is 0.758. The Morgan fingerprint density at radius 3 is 2.41 bits per heavy atom. The summed E-state index contributed by atoms with van der Waals surface area (Å²) in [4.78, 5) is 28.9. The molecule has 8 heteroatoms. The minimum atomic E-state index is -0.205. The van der Waals surface area contributed by atoms with Gasteiger partial charge in [-0.15, -0.1) is 0 Å². The highest BCUT2D eigenvalue weighted by molar-refractivity contribution is 6.34. The second-order valence-corrected chi connectivity index (χ2v) is 8.17. The molecule has 6 nitrogen and oxygen atoms in total. The van der Waals surface area contributed by atoms with E-state index in [1.807, 2.05) is 24.3 Å². The molecule has 1 aliphatic heterocycles. The van der Waals surface area contributed by atoms with Crippen LogP contribution >= 0.6 is 23.2 Å². The van der Waals surface area contributed by atoms with E-state index in [9.17, 15) is 9.59 Å². The van der Waals surface area contributed by atoms with Crippen LogP contribution in [0.4, 0.5) is 16.2 Å². The number of urea groups is 1. The minimum Gasteiger partial charge on any atom is -0.368 e. The number of hydrogen-bond donors (Lipinski definition) is 2. The molecule has 2 aliphatic rings. The number of halogens is 2. The van der Waals surface area contributed by atoms with Gasteiger partial charge in [0, 0.05) is 48.6 Å². The van der Waals surface area contributed by atoms with Crippen molar-refractivity contribution in [3.8, 4) is 0 Å². The summed E-state index contributed by atoms with van der Waals surface area (Å²) >= 11 is 12.2. The highest BCUT2D eigenvalue weighted by Crippen LogP contribution is 2.25. The monoisotopic (exact) mass is 432 g/mol. The van der Waals surface area contributed by atoms with Crippen LogP contribution in [0.5, 0.6) is 0 Å². The molecular weight excluding hydrogens is 411 g/mol. The number of nitrogens with one attached hydrogen (secondary N) is 2. The van der Waals surface area contributed by atoms with Crippen LogP contribution in [0.2, 0.25) is 10.0 Å². The molecule has 4 rings (SSSR count). The Bertz CT molecular complexity index is 925. The number of piperazine rings is 1. The van der Waals surface area contributed by atoms with Gasteiger partial charge >= 0.3 is 6.03 Å². The second kappa shape index (κ2) is 8.51. The summed E-state index contributed by atoms with van der Waals surface area (Å²) in [6.07, 6.45) is 2.00. The third-order valence-electron chi connectivity index (χ3n) is 5.12. The predicted molar refractivity (Wildman–Crippen MR) is 116 cm³/mol. The molecule has 2 aromatic rings. The van der Waals surface area contributed by atoms with E-state index < -0.39 is 0 Å². The van der Waals surface area contributed by atoms with E-state index in [1.165, 1.54) is 0 Å². The van der Waals surface area contributed by atoms with Gasteiger partial charge in [-0.3, -0.25) is 4.79 Å². The van der Waals surface area contributed by atoms with Crippen LogP contribution in [0.3, 0.4) is 0 Å². The zero-order valence-electron chi connectivity index (χ0n) is 15.8. The minimum absolute atomic E-state index is 0.188. The van der Waals surface area contributed by atoms with Crippen molar-refractivity contribution in [1.82, 2.24) is 10.2 Å². The van der Waals surface area contributed by atoms with Gasteiger partial charge in [-0.1, -0.05) is 29.3 Å². The lowest BCUT2D eigenvalue weighted by atomic mass is 10.2. The molecule has 0 bridgehead atoms. The molecule has 0 unspecified atom stereocenters. The molecule has 29 heavy (non-hydrogen) atoms. The lowest BCUT2D eigenvalue weighted by Gasteiger charge is -2.36. The molecule has 0 spiro atoms. The zero-order valence-corrected chi connectivity index (χ0v) is 17.3. The van der Waals surface area contributed by atoms with Crippen molar-refractivity contribution in [3.63, 3.8) is 0 Å². The van der Waals surface area contributed by atoms with Crippen LogP contribution < -0.4 is 15.5 Å². The molecular formula is C21H22Cl2N4O2. The Kier molecular flexibility index (Phi) is 5.83. The molecule has 152 valence electrons. The highest BCUT2D eigenvalue weighted by atomic mass is 35.5. The topological polar surface area (TPSA) is 64.7 Å². The molecule has 1 aliphatic carbocycles. The fourth-order valence-corrected chi connectivity index (χ4v) is 3.70. The van der Waals surface area contributed by atoms with Gasteiger partial charge < -0.3 is 20.4 Å². The van der Waals surface area contributed by atoms with Gasteiger partial charge in [0.15, 0.2) is 0 Å². The maximum atomic E-state index is 12.7. The Morgan fingerprint density at radius 1 is 0.966 bits per heavy atom. The summed E-state index contributed by atoms with van der Waals surface area (Å²) in [5.41, 5.74) is 1.99. The molecule has 1 saturated heterocycles. The van der Waals surface area contributed by atoms with Crippen molar-refractivity contribution in [1.29, 1.82) is 0 Å². The Labute approximate surface area is 179 Å². The number of rotatable bonds is 4. The van der Waals surface area contributed by atoms with Crippen LogP contribution in [0.15, 0.2) is 42.5 Å². The molecule has 1 heterocycles. The summed E-state index contributed by atoms with van der Waals surface area (Å²) < 4.78 is 0. The number of anilines is 2. The van der Waals surface area contributed by atoms with E-state index in [1.54, 1.807) is 23.1 Å². The van der Waals surface area contributed by atoms with Crippen molar-refractivity contribution in [2.45, 2.75) is 18.9 Å². The third kappa shape index (κ3) is 4.95. The first-order valence-electron chi connectivity index (χ1n) is 9.66. The zero-order chi connectivity index (χ0) is 20.4. The highest BCUT2D eigenvalue weighted by Gasteiger charge is 2.25. The van der Waals surface area contributed by atoms with Gasteiger partial charge in [0.2, 0.25) is 0 Å². The standard InChI is InChI=1S/C21H22Cl2N4O2/c22-14-2-1-3-17(12-14)26-8-10-27(11-9-26)21(29)25-16-6-7-19(23)18(13-16)20(28)24-15-4-5-15/h1-3,6-7,12-13,15H,4-5,8-11H2,(H,24,28)(H,25,29). The number of carbonyl (C=O) groups is 2. The first kappa shape index (κ1) is 19.9. The lowest BCUT2D eigenvalue weighted by Crippen LogP contribution is -2.50. The molecule has 2 N–H and O–H groups in total. The summed E-state index contributed by atoms with van der Waals surface area (Å²) in [6, 6.07) is 12.7. The Balaban J connectivity index is 1.35. The summed E-state index contributed by atoms with van der Waals surface area (Å²) in [7, 11) is 0. The van der Waals surface area contributed by atoms with Gasteiger partial charge in [0.25, 0.3) is 5.91 Å². The second-order valence-electron chi connectivity index (χ2n) is 7.33. The first-order chi connectivity index (χ1) is 14.0. The number of amides is 3. The number of hydrogen-bond acceptors (Lipinski definition) is 3. The van der Waals surface area contributed by atoms with E-state index in [2.05, 4.69) is 15.5 Å². The largest absolute Gasteiger partial charge is 0.368 e. The van der Waals surface area contributed by atoms with Gasteiger partial charge in [-0.05, 0) is 49.2 Å². The fourth-order valence-electron chi connectivity index (χ4n) is 3.31. The van der Waals surface area contributed by atoms with E-state index >= 15 is 0 Å². The van der Waals surface area contributed by atoms with Gasteiger partial charge in [0.05, 0.1) is 10.6 Å². The Hall–Kier alpha value is -2.44. The fraction of sp³-hybridized carbons (Fsp3) is 0.333. The first-order valence-corrected chi connectivity index (χ1v) is 10.4. The summed E-state index contributed by atoms with van der Waals surface area (Å²) in [5, 5.41) is 6.87. The van der Waals surface area contributed by atoms with Gasteiger partial charge in [-0.25, -0.2) is 4.79 Å². The molecule has 0 radical (unpaired) electrons. The van der Waals surface area contributed by atoms with Crippen LogP contribution in [-0.4, -0.2) is 49.1 Å². The van der Waals surface area contributed by atoms with Crippen LogP contribution in [-0.2, 0) is 0 Å². The maximum Gasteiger partial charge on any atom is 0.321 e. The summed E-state index contributed by atoms with van der Waals surface area (Å²) in [6.45, 7) is 2.65. The van der Waals surface area contributed by atoms with E-state index in [4.69, 9.17) is 23.2 Å². The third-order valence-corrected chi connectivity index (χ3v) is 5.68. The average Bonchev–Trinajstić information content (AvgIpc) is 3.53. The van der Waals surface area contributed by atoms with Crippen LogP contribution in [0, 0.1) is 0 Å². The van der Waals surface area contributed by atoms with E-state index in [0.717, 1.165) is 31.6 Å².